The van der Waals surface area contributed by atoms with Crippen LogP contribution in [0.15, 0.2) is 24.3 Å². The number of nitrogens with one attached hydrogen (secondary N) is 1. The minimum absolute atomic E-state index is 0.455. The van der Waals surface area contributed by atoms with Crippen LogP contribution in [0.4, 0.5) is 5.69 Å². The van der Waals surface area contributed by atoms with Gasteiger partial charge in [-0.1, -0.05) is 12.1 Å². The van der Waals surface area contributed by atoms with Gasteiger partial charge in [0.05, 0.1) is 31.7 Å². The van der Waals surface area contributed by atoms with E-state index < -0.39 is 0 Å². The molecule has 0 unspecified atom stereocenters. The van der Waals surface area contributed by atoms with Gasteiger partial charge in [-0.15, -0.1) is 0 Å². The van der Waals surface area contributed by atoms with Gasteiger partial charge in [-0.25, -0.2) is 0 Å². The van der Waals surface area contributed by atoms with Gasteiger partial charge in [0.2, 0.25) is 0 Å². The maximum atomic E-state index is 8.50. The lowest BCUT2D eigenvalue weighted by Gasteiger charge is -2.27. The summed E-state index contributed by atoms with van der Waals surface area (Å²) in [6.07, 6.45) is 0.479. The third-order valence-electron chi connectivity index (χ3n) is 2.25. The predicted molar refractivity (Wildman–Crippen MR) is 54.0 cm³/mol. The van der Waals surface area contributed by atoms with Gasteiger partial charge in [-0.05, 0) is 17.7 Å². The summed E-state index contributed by atoms with van der Waals surface area (Å²) in [5.74, 6) is 0. The lowest BCUT2D eigenvalue weighted by atomic mass is 10.1. The van der Waals surface area contributed by atoms with Crippen LogP contribution in [0, 0.1) is 11.3 Å². The predicted octanol–water partition coefficient (Wildman–Crippen LogP) is 1.56. The zero-order chi connectivity index (χ0) is 9.80. The van der Waals surface area contributed by atoms with E-state index in [1.165, 1.54) is 0 Å². The van der Waals surface area contributed by atoms with Gasteiger partial charge >= 0.3 is 0 Å². The zero-order valence-electron chi connectivity index (χ0n) is 7.86. The maximum absolute atomic E-state index is 8.50. The fraction of sp³-hybridized carbons (Fsp3) is 0.364. The summed E-state index contributed by atoms with van der Waals surface area (Å²) in [5.41, 5.74) is 2.16. The minimum Gasteiger partial charge on any atom is -0.378 e. The van der Waals surface area contributed by atoms with Crippen molar-refractivity contribution in [3.63, 3.8) is 0 Å². The Labute approximate surface area is 83.3 Å². The summed E-state index contributed by atoms with van der Waals surface area (Å²) in [5, 5.41) is 11.8. The SMILES string of the molecule is N#CCc1ccc(NC2COC2)cc1. The molecular formula is C11H12N2O. The van der Waals surface area contributed by atoms with Gasteiger partial charge in [-0.3, -0.25) is 0 Å². The molecule has 1 heterocycles. The average molecular weight is 188 g/mol. The molecule has 2 rings (SSSR count). The Hall–Kier alpha value is -1.53. The Morgan fingerprint density at radius 3 is 2.57 bits per heavy atom. The molecule has 1 aromatic carbocycles. The third kappa shape index (κ3) is 2.04. The molecule has 0 atom stereocenters. The number of benzene rings is 1. The van der Waals surface area contributed by atoms with Gasteiger partial charge in [-0.2, -0.15) is 5.26 Å². The van der Waals surface area contributed by atoms with Crippen molar-refractivity contribution >= 4 is 5.69 Å². The molecule has 72 valence electrons. The number of hydrogen-bond acceptors (Lipinski definition) is 3. The monoisotopic (exact) mass is 188 g/mol. The molecule has 0 radical (unpaired) electrons. The molecule has 0 aliphatic carbocycles. The molecule has 3 heteroatoms. The van der Waals surface area contributed by atoms with Crippen molar-refractivity contribution < 1.29 is 4.74 Å². The number of hydrogen-bond donors (Lipinski definition) is 1. The summed E-state index contributed by atoms with van der Waals surface area (Å²) in [7, 11) is 0. The number of nitriles is 1. The average Bonchev–Trinajstić information content (AvgIpc) is 2.14. The maximum Gasteiger partial charge on any atom is 0.0728 e. The van der Waals surface area contributed by atoms with Crippen molar-refractivity contribution in [3.8, 4) is 6.07 Å². The Bertz CT molecular complexity index is 335. The number of rotatable bonds is 3. The van der Waals surface area contributed by atoms with Crippen LogP contribution >= 0.6 is 0 Å². The van der Waals surface area contributed by atoms with Crippen LogP contribution in [0.1, 0.15) is 5.56 Å². The van der Waals surface area contributed by atoms with Crippen LogP contribution in [-0.2, 0) is 11.2 Å². The van der Waals surface area contributed by atoms with Crippen LogP contribution in [0.2, 0.25) is 0 Å². The minimum atomic E-state index is 0.455. The highest BCUT2D eigenvalue weighted by Gasteiger charge is 2.17. The van der Waals surface area contributed by atoms with E-state index in [1.54, 1.807) is 0 Å². The third-order valence-corrected chi connectivity index (χ3v) is 2.25. The van der Waals surface area contributed by atoms with E-state index in [2.05, 4.69) is 11.4 Å². The van der Waals surface area contributed by atoms with E-state index in [9.17, 15) is 0 Å². The van der Waals surface area contributed by atoms with E-state index in [-0.39, 0.29) is 0 Å². The summed E-state index contributed by atoms with van der Waals surface area (Å²) < 4.78 is 5.06. The first kappa shape index (κ1) is 9.04. The van der Waals surface area contributed by atoms with Crippen molar-refractivity contribution in [3.05, 3.63) is 29.8 Å². The molecule has 1 N–H and O–H groups in total. The van der Waals surface area contributed by atoms with E-state index in [0.29, 0.717) is 12.5 Å². The van der Waals surface area contributed by atoms with Gasteiger partial charge < -0.3 is 10.1 Å². The Balaban J connectivity index is 1.95. The smallest absolute Gasteiger partial charge is 0.0728 e. The summed E-state index contributed by atoms with van der Waals surface area (Å²) in [6.45, 7) is 1.58. The summed E-state index contributed by atoms with van der Waals surface area (Å²) in [6, 6.07) is 10.5. The highest BCUT2D eigenvalue weighted by molar-refractivity contribution is 5.46. The molecule has 1 fully saturated rings. The molecule has 0 amide bonds. The first-order valence-corrected chi connectivity index (χ1v) is 4.68. The Morgan fingerprint density at radius 1 is 1.36 bits per heavy atom. The fourth-order valence-electron chi connectivity index (χ4n) is 1.36. The standard InChI is InChI=1S/C11H12N2O/c12-6-5-9-1-3-10(4-2-9)13-11-7-14-8-11/h1-4,11,13H,5,7-8H2. The van der Waals surface area contributed by atoms with Gasteiger partial charge in [0.15, 0.2) is 0 Å². The molecule has 0 bridgehead atoms. The van der Waals surface area contributed by atoms with Gasteiger partial charge in [0.25, 0.3) is 0 Å². The number of ether oxygens (including phenoxy) is 1. The van der Waals surface area contributed by atoms with Crippen LogP contribution < -0.4 is 5.32 Å². The lowest BCUT2D eigenvalue weighted by molar-refractivity contribution is 0.0211. The molecule has 14 heavy (non-hydrogen) atoms. The van der Waals surface area contributed by atoms with Crippen molar-refractivity contribution in [2.75, 3.05) is 18.5 Å². The molecular weight excluding hydrogens is 176 g/mol. The zero-order valence-corrected chi connectivity index (χ0v) is 7.86. The Kier molecular flexibility index (Phi) is 2.66. The summed E-state index contributed by atoms with van der Waals surface area (Å²) >= 11 is 0. The first-order valence-electron chi connectivity index (χ1n) is 4.68. The van der Waals surface area contributed by atoms with E-state index in [0.717, 1.165) is 24.5 Å². The first-order chi connectivity index (χ1) is 6.88. The molecule has 1 aliphatic rings. The van der Waals surface area contributed by atoms with Crippen molar-refractivity contribution in [1.29, 1.82) is 5.26 Å². The van der Waals surface area contributed by atoms with Crippen LogP contribution in [0.25, 0.3) is 0 Å². The van der Waals surface area contributed by atoms with E-state index >= 15 is 0 Å². The van der Waals surface area contributed by atoms with Gasteiger partial charge in [0, 0.05) is 5.69 Å². The molecule has 1 saturated heterocycles. The van der Waals surface area contributed by atoms with Gasteiger partial charge in [0.1, 0.15) is 0 Å². The lowest BCUT2D eigenvalue weighted by Crippen LogP contribution is -2.40. The van der Waals surface area contributed by atoms with Crippen LogP contribution in [-0.4, -0.2) is 19.3 Å². The van der Waals surface area contributed by atoms with Crippen LogP contribution in [0.3, 0.4) is 0 Å². The second kappa shape index (κ2) is 4.12. The number of anilines is 1. The van der Waals surface area contributed by atoms with Crippen molar-refractivity contribution in [1.82, 2.24) is 0 Å². The molecule has 0 aromatic heterocycles. The second-order valence-electron chi connectivity index (χ2n) is 3.41. The van der Waals surface area contributed by atoms with Crippen molar-refractivity contribution in [2.24, 2.45) is 0 Å². The number of nitrogens with zero attached hydrogens (tertiary/aromatic N) is 1. The highest BCUT2D eigenvalue weighted by atomic mass is 16.5. The molecule has 0 saturated carbocycles. The molecule has 0 spiro atoms. The van der Waals surface area contributed by atoms with E-state index in [1.807, 2.05) is 24.3 Å². The topological polar surface area (TPSA) is 45.0 Å². The Morgan fingerprint density at radius 2 is 2.07 bits per heavy atom. The molecule has 1 aliphatic heterocycles. The fourth-order valence-corrected chi connectivity index (χ4v) is 1.36. The van der Waals surface area contributed by atoms with Crippen LogP contribution in [0.5, 0.6) is 0 Å². The highest BCUT2D eigenvalue weighted by Crippen LogP contribution is 2.13. The normalized spacial score (nSPS) is 15.6. The quantitative estimate of drug-likeness (QED) is 0.783. The molecule has 1 aromatic rings. The van der Waals surface area contributed by atoms with Crippen molar-refractivity contribution in [2.45, 2.75) is 12.5 Å². The van der Waals surface area contributed by atoms with E-state index in [4.69, 9.17) is 10.00 Å². The summed E-state index contributed by atoms with van der Waals surface area (Å²) in [4.78, 5) is 0. The molecule has 3 nitrogen and oxygen atoms in total. The largest absolute Gasteiger partial charge is 0.378 e. The second-order valence-corrected chi connectivity index (χ2v) is 3.41.